The number of nitro groups is 1. The van der Waals surface area contributed by atoms with E-state index in [0.717, 1.165) is 4.90 Å². The number of hydrogen-bond donors (Lipinski definition) is 0. The first-order valence-corrected chi connectivity index (χ1v) is 7.14. The van der Waals surface area contributed by atoms with Gasteiger partial charge in [0.1, 0.15) is 0 Å². The molecule has 0 unspecified atom stereocenters. The number of hydrogen-bond acceptors (Lipinski definition) is 4. The molecule has 7 heteroatoms. The minimum absolute atomic E-state index is 0.158. The van der Waals surface area contributed by atoms with Crippen molar-refractivity contribution in [1.82, 2.24) is 0 Å². The molecule has 0 saturated heterocycles. The van der Waals surface area contributed by atoms with Gasteiger partial charge in [-0.2, -0.15) is 0 Å². The minimum atomic E-state index is -0.541. The highest BCUT2D eigenvalue weighted by Crippen LogP contribution is 2.38. The van der Waals surface area contributed by atoms with Crippen LogP contribution in [0.25, 0.3) is 0 Å². The normalized spacial score (nSPS) is 13.5. The number of nitro benzene ring substituents is 1. The van der Waals surface area contributed by atoms with Crippen LogP contribution in [0.1, 0.15) is 26.3 Å². The number of halogens is 1. The molecule has 1 heterocycles. The van der Waals surface area contributed by atoms with Gasteiger partial charge in [0.25, 0.3) is 17.5 Å². The van der Waals surface area contributed by atoms with Gasteiger partial charge in [-0.05, 0) is 47.1 Å². The summed E-state index contributed by atoms with van der Waals surface area (Å²) in [5, 5.41) is 11.2. The Morgan fingerprint density at radius 3 is 2.09 bits per heavy atom. The number of imide groups is 1. The number of nitrogens with zero attached hydrogens (tertiary/aromatic N) is 2. The highest BCUT2D eigenvalue weighted by molar-refractivity contribution is 9.10. The van der Waals surface area contributed by atoms with Crippen molar-refractivity contribution < 1.29 is 14.5 Å². The first-order chi connectivity index (χ1) is 10.4. The molecule has 1 aliphatic heterocycles. The Labute approximate surface area is 133 Å². The summed E-state index contributed by atoms with van der Waals surface area (Å²) in [4.78, 5) is 36.5. The van der Waals surface area contributed by atoms with Crippen LogP contribution in [0.4, 0.5) is 11.4 Å². The van der Waals surface area contributed by atoms with Crippen molar-refractivity contribution in [2.45, 2.75) is 6.92 Å². The van der Waals surface area contributed by atoms with Crippen molar-refractivity contribution in [3.63, 3.8) is 0 Å². The third kappa shape index (κ3) is 1.93. The third-order valence-corrected chi connectivity index (χ3v) is 4.21. The molecule has 2 amide bonds. The summed E-state index contributed by atoms with van der Waals surface area (Å²) in [6.07, 6.45) is 0. The zero-order valence-corrected chi connectivity index (χ0v) is 13.0. The summed E-state index contributed by atoms with van der Waals surface area (Å²) in [6.45, 7) is 1.52. The maximum Gasteiger partial charge on any atom is 0.288 e. The highest BCUT2D eigenvalue weighted by atomic mass is 79.9. The van der Waals surface area contributed by atoms with Gasteiger partial charge < -0.3 is 0 Å². The van der Waals surface area contributed by atoms with Gasteiger partial charge in [0, 0.05) is 0 Å². The average molecular weight is 361 g/mol. The maximum atomic E-state index is 12.4. The average Bonchev–Trinajstić information content (AvgIpc) is 2.72. The SMILES string of the molecule is Cc1c(N2C(=O)c3ccccc3C2=O)ccc(Br)c1[N+](=O)[O-]. The smallest absolute Gasteiger partial charge is 0.268 e. The number of benzene rings is 2. The number of amides is 2. The largest absolute Gasteiger partial charge is 0.288 e. The molecule has 3 rings (SSSR count). The summed E-state index contributed by atoms with van der Waals surface area (Å²) < 4.78 is 0.301. The van der Waals surface area contributed by atoms with Gasteiger partial charge in [0.05, 0.1) is 31.8 Å². The van der Waals surface area contributed by atoms with Crippen LogP contribution in [-0.2, 0) is 0 Å². The van der Waals surface area contributed by atoms with Crippen LogP contribution in [0.2, 0.25) is 0 Å². The molecule has 0 fully saturated rings. The molecular formula is C15H9BrN2O4. The monoisotopic (exact) mass is 360 g/mol. The fourth-order valence-corrected chi connectivity index (χ4v) is 3.11. The predicted molar refractivity (Wildman–Crippen MR) is 83.1 cm³/mol. The molecule has 0 aliphatic carbocycles. The van der Waals surface area contributed by atoms with E-state index in [0.29, 0.717) is 15.6 Å². The second-order valence-corrected chi connectivity index (χ2v) is 5.64. The molecule has 22 heavy (non-hydrogen) atoms. The minimum Gasteiger partial charge on any atom is -0.268 e. The molecule has 6 nitrogen and oxygen atoms in total. The van der Waals surface area contributed by atoms with Gasteiger partial charge >= 0.3 is 0 Å². The zero-order chi connectivity index (χ0) is 16.0. The lowest BCUT2D eigenvalue weighted by molar-refractivity contribution is -0.386. The van der Waals surface area contributed by atoms with E-state index >= 15 is 0 Å². The van der Waals surface area contributed by atoms with E-state index in [1.165, 1.54) is 19.1 Å². The molecule has 0 radical (unpaired) electrons. The summed E-state index contributed by atoms with van der Waals surface area (Å²) in [5.41, 5.74) is 0.930. The Hall–Kier alpha value is -2.54. The Morgan fingerprint density at radius 1 is 1.05 bits per heavy atom. The van der Waals surface area contributed by atoms with Crippen LogP contribution in [0, 0.1) is 17.0 Å². The van der Waals surface area contributed by atoms with Crippen LogP contribution in [-0.4, -0.2) is 16.7 Å². The van der Waals surface area contributed by atoms with Gasteiger partial charge in [0.2, 0.25) is 0 Å². The number of anilines is 1. The van der Waals surface area contributed by atoms with Gasteiger partial charge in [-0.15, -0.1) is 0 Å². The molecule has 2 aromatic carbocycles. The van der Waals surface area contributed by atoms with Crippen LogP contribution < -0.4 is 4.90 Å². The van der Waals surface area contributed by atoms with Crippen molar-refractivity contribution in [2.24, 2.45) is 0 Å². The predicted octanol–water partition coefficient (Wildman–Crippen LogP) is 3.47. The molecule has 0 aromatic heterocycles. The first kappa shape index (κ1) is 14.4. The van der Waals surface area contributed by atoms with E-state index in [2.05, 4.69) is 15.9 Å². The van der Waals surface area contributed by atoms with Crippen LogP contribution in [0.15, 0.2) is 40.9 Å². The summed E-state index contributed by atoms with van der Waals surface area (Å²) >= 11 is 3.12. The van der Waals surface area contributed by atoms with E-state index in [4.69, 9.17) is 0 Å². The van der Waals surface area contributed by atoms with Gasteiger partial charge in [-0.1, -0.05) is 12.1 Å². The molecule has 1 aliphatic rings. The lowest BCUT2D eigenvalue weighted by Crippen LogP contribution is -2.30. The standard InChI is InChI=1S/C15H9BrN2O4/c1-8-12(7-6-11(16)13(8)18(21)22)17-14(19)9-4-2-3-5-10(9)15(17)20/h2-7H,1H3. The van der Waals surface area contributed by atoms with Crippen molar-refractivity contribution in [1.29, 1.82) is 0 Å². The fraction of sp³-hybridized carbons (Fsp3) is 0.0667. The van der Waals surface area contributed by atoms with Crippen molar-refractivity contribution >= 4 is 39.1 Å². The number of carbonyl (C=O) groups excluding carboxylic acids is 2. The molecule has 2 aromatic rings. The summed E-state index contributed by atoms with van der Waals surface area (Å²) in [5.74, 6) is -0.944. The van der Waals surface area contributed by atoms with Crippen molar-refractivity contribution in [3.8, 4) is 0 Å². The topological polar surface area (TPSA) is 80.5 Å². The highest BCUT2D eigenvalue weighted by Gasteiger charge is 2.38. The molecular weight excluding hydrogens is 352 g/mol. The van der Waals surface area contributed by atoms with Crippen LogP contribution in [0.3, 0.4) is 0 Å². The van der Waals surface area contributed by atoms with Gasteiger partial charge in [-0.25, -0.2) is 4.90 Å². The molecule has 0 spiro atoms. The quantitative estimate of drug-likeness (QED) is 0.466. The lowest BCUT2D eigenvalue weighted by atomic mass is 10.1. The summed E-state index contributed by atoms with van der Waals surface area (Å²) in [6, 6.07) is 9.46. The zero-order valence-electron chi connectivity index (χ0n) is 11.4. The molecule has 0 saturated carbocycles. The van der Waals surface area contributed by atoms with Crippen LogP contribution >= 0.6 is 15.9 Å². The second-order valence-electron chi connectivity index (χ2n) is 4.79. The number of carbonyl (C=O) groups is 2. The van der Waals surface area contributed by atoms with E-state index < -0.39 is 16.7 Å². The van der Waals surface area contributed by atoms with E-state index in [1.54, 1.807) is 24.3 Å². The van der Waals surface area contributed by atoms with Gasteiger partial charge in [-0.3, -0.25) is 19.7 Å². The Kier molecular flexibility index (Phi) is 3.29. The Bertz CT molecular complexity index is 812. The van der Waals surface area contributed by atoms with Crippen LogP contribution in [0.5, 0.6) is 0 Å². The van der Waals surface area contributed by atoms with E-state index in [9.17, 15) is 19.7 Å². The lowest BCUT2D eigenvalue weighted by Gasteiger charge is -2.16. The second kappa shape index (κ2) is 5.03. The fourth-order valence-electron chi connectivity index (χ4n) is 2.53. The van der Waals surface area contributed by atoms with E-state index in [-0.39, 0.29) is 16.9 Å². The molecule has 0 atom stereocenters. The first-order valence-electron chi connectivity index (χ1n) is 6.34. The van der Waals surface area contributed by atoms with Crippen molar-refractivity contribution in [2.75, 3.05) is 4.90 Å². The number of fused-ring (bicyclic) bond motifs is 1. The third-order valence-electron chi connectivity index (χ3n) is 3.57. The maximum absolute atomic E-state index is 12.4. The Balaban J connectivity index is 2.19. The van der Waals surface area contributed by atoms with Crippen molar-refractivity contribution in [3.05, 3.63) is 67.7 Å². The summed E-state index contributed by atoms with van der Waals surface area (Å²) in [7, 11) is 0. The molecule has 0 bridgehead atoms. The molecule has 0 N–H and O–H groups in total. The number of rotatable bonds is 2. The Morgan fingerprint density at radius 2 is 1.59 bits per heavy atom. The molecule has 110 valence electrons. The van der Waals surface area contributed by atoms with E-state index in [1.807, 2.05) is 0 Å². The van der Waals surface area contributed by atoms with Gasteiger partial charge in [0.15, 0.2) is 0 Å².